The van der Waals surface area contributed by atoms with Crippen LogP contribution in [0.15, 0.2) is 0 Å². The van der Waals surface area contributed by atoms with E-state index >= 15 is 0 Å². The molecule has 0 nitrogen and oxygen atoms in total. The van der Waals surface area contributed by atoms with Gasteiger partial charge in [-0.3, -0.25) is 0 Å². The smallest absolute Gasteiger partial charge is 0.0316 e. The summed E-state index contributed by atoms with van der Waals surface area (Å²) in [4.78, 5) is 0. The SMILES string of the molecule is CC1CC2CC(C)(C)CC(C)(C1)C2. The quantitative estimate of drug-likeness (QED) is 0.523. The van der Waals surface area contributed by atoms with Crippen molar-refractivity contribution in [2.45, 2.75) is 59.8 Å². The molecule has 0 spiro atoms. The van der Waals surface area contributed by atoms with Gasteiger partial charge >= 0.3 is 0 Å². The molecule has 0 aromatic rings. The first-order chi connectivity index (χ1) is 5.89. The standard InChI is InChI=1S/C13H24/c1-10-5-11-7-12(2,3)9-13(4,6-10)8-11/h10-11H,5-9H2,1-4H3. The summed E-state index contributed by atoms with van der Waals surface area (Å²) in [6.07, 6.45) is 7.43. The Morgan fingerprint density at radius 1 is 1.00 bits per heavy atom. The van der Waals surface area contributed by atoms with Crippen LogP contribution in [-0.2, 0) is 0 Å². The van der Waals surface area contributed by atoms with Gasteiger partial charge in [-0.1, -0.05) is 27.7 Å². The second-order valence-corrected chi connectivity index (χ2v) is 6.97. The van der Waals surface area contributed by atoms with Crippen LogP contribution in [0.2, 0.25) is 0 Å². The van der Waals surface area contributed by atoms with Crippen molar-refractivity contribution in [1.82, 2.24) is 0 Å². The molecule has 0 heterocycles. The van der Waals surface area contributed by atoms with Crippen LogP contribution in [-0.4, -0.2) is 0 Å². The maximum atomic E-state index is 2.52. The number of hydrogen-bond donors (Lipinski definition) is 0. The molecule has 0 amide bonds. The first-order valence-electron chi connectivity index (χ1n) is 5.89. The predicted molar refractivity (Wildman–Crippen MR) is 57.6 cm³/mol. The largest absolute Gasteiger partial charge is 0.0625 e. The maximum absolute atomic E-state index is 2.52. The van der Waals surface area contributed by atoms with Crippen molar-refractivity contribution >= 4 is 0 Å². The maximum Gasteiger partial charge on any atom is -0.0316 e. The third-order valence-corrected chi connectivity index (χ3v) is 4.11. The van der Waals surface area contributed by atoms with E-state index in [1.165, 1.54) is 32.1 Å². The molecule has 0 aromatic carbocycles. The van der Waals surface area contributed by atoms with Gasteiger partial charge in [-0.15, -0.1) is 0 Å². The van der Waals surface area contributed by atoms with Crippen molar-refractivity contribution in [3.8, 4) is 0 Å². The average Bonchev–Trinajstić information content (AvgIpc) is 1.75. The van der Waals surface area contributed by atoms with Crippen LogP contribution in [0.1, 0.15) is 59.8 Å². The average molecular weight is 180 g/mol. The van der Waals surface area contributed by atoms with Crippen LogP contribution in [0.4, 0.5) is 0 Å². The van der Waals surface area contributed by atoms with Gasteiger partial charge in [-0.05, 0) is 54.8 Å². The molecule has 3 atom stereocenters. The minimum atomic E-state index is 0.623. The molecule has 3 unspecified atom stereocenters. The van der Waals surface area contributed by atoms with E-state index in [0.717, 1.165) is 11.8 Å². The van der Waals surface area contributed by atoms with E-state index in [0.29, 0.717) is 10.8 Å². The van der Waals surface area contributed by atoms with Crippen molar-refractivity contribution in [3.63, 3.8) is 0 Å². The van der Waals surface area contributed by atoms with Crippen LogP contribution in [0, 0.1) is 22.7 Å². The summed E-state index contributed by atoms with van der Waals surface area (Å²) >= 11 is 0. The number of hydrogen-bond acceptors (Lipinski definition) is 0. The molecule has 2 fully saturated rings. The minimum absolute atomic E-state index is 0.623. The van der Waals surface area contributed by atoms with Crippen molar-refractivity contribution < 1.29 is 0 Å². The summed E-state index contributed by atoms with van der Waals surface area (Å²) in [6.45, 7) is 9.90. The first kappa shape index (κ1) is 9.55. The molecular weight excluding hydrogens is 156 g/mol. The summed E-state index contributed by atoms with van der Waals surface area (Å²) in [6, 6.07) is 0. The monoisotopic (exact) mass is 180 g/mol. The Morgan fingerprint density at radius 2 is 1.69 bits per heavy atom. The van der Waals surface area contributed by atoms with E-state index in [-0.39, 0.29) is 0 Å². The highest BCUT2D eigenvalue weighted by atomic mass is 14.5. The molecule has 0 N–H and O–H groups in total. The Labute approximate surface area is 83.1 Å². The Bertz CT molecular complexity index is 198. The normalized spacial score (nSPS) is 48.9. The van der Waals surface area contributed by atoms with Gasteiger partial charge in [0.15, 0.2) is 0 Å². The van der Waals surface area contributed by atoms with Gasteiger partial charge in [0.25, 0.3) is 0 Å². The van der Waals surface area contributed by atoms with Crippen LogP contribution in [0.25, 0.3) is 0 Å². The molecular formula is C13H24. The van der Waals surface area contributed by atoms with Crippen LogP contribution in [0.5, 0.6) is 0 Å². The lowest BCUT2D eigenvalue weighted by Gasteiger charge is -2.52. The third-order valence-electron chi connectivity index (χ3n) is 4.11. The Balaban J connectivity index is 2.17. The molecule has 0 aromatic heterocycles. The van der Waals surface area contributed by atoms with Gasteiger partial charge in [0.1, 0.15) is 0 Å². The second kappa shape index (κ2) is 2.74. The fraction of sp³-hybridized carbons (Fsp3) is 1.00. The molecule has 76 valence electrons. The lowest BCUT2D eigenvalue weighted by molar-refractivity contribution is -0.00835. The number of rotatable bonds is 0. The van der Waals surface area contributed by atoms with Gasteiger partial charge in [-0.2, -0.15) is 0 Å². The molecule has 0 heteroatoms. The lowest BCUT2D eigenvalue weighted by atomic mass is 9.53. The van der Waals surface area contributed by atoms with E-state index in [9.17, 15) is 0 Å². The van der Waals surface area contributed by atoms with Crippen molar-refractivity contribution in [2.24, 2.45) is 22.7 Å². The summed E-state index contributed by atoms with van der Waals surface area (Å²) in [5.41, 5.74) is 1.31. The van der Waals surface area contributed by atoms with E-state index in [4.69, 9.17) is 0 Å². The van der Waals surface area contributed by atoms with Gasteiger partial charge in [0, 0.05) is 0 Å². The van der Waals surface area contributed by atoms with E-state index in [1.54, 1.807) is 0 Å². The van der Waals surface area contributed by atoms with Crippen LogP contribution >= 0.6 is 0 Å². The molecule has 13 heavy (non-hydrogen) atoms. The summed E-state index contributed by atoms with van der Waals surface area (Å²) in [5, 5.41) is 0. The van der Waals surface area contributed by atoms with Gasteiger partial charge in [0.2, 0.25) is 0 Å². The Kier molecular flexibility index (Phi) is 2.02. The van der Waals surface area contributed by atoms with Gasteiger partial charge in [-0.25, -0.2) is 0 Å². The highest BCUT2D eigenvalue weighted by Gasteiger charge is 2.44. The second-order valence-electron chi connectivity index (χ2n) is 6.97. The van der Waals surface area contributed by atoms with E-state index in [1.807, 2.05) is 0 Å². The zero-order valence-corrected chi connectivity index (χ0v) is 9.69. The minimum Gasteiger partial charge on any atom is -0.0625 e. The van der Waals surface area contributed by atoms with Crippen molar-refractivity contribution in [1.29, 1.82) is 0 Å². The molecule has 2 rings (SSSR count). The lowest BCUT2D eigenvalue weighted by Crippen LogP contribution is -2.41. The van der Waals surface area contributed by atoms with Crippen molar-refractivity contribution in [2.75, 3.05) is 0 Å². The first-order valence-corrected chi connectivity index (χ1v) is 5.89. The molecule has 2 bridgehead atoms. The third kappa shape index (κ3) is 1.92. The molecule has 2 aliphatic carbocycles. The van der Waals surface area contributed by atoms with Gasteiger partial charge in [0.05, 0.1) is 0 Å². The zero-order valence-electron chi connectivity index (χ0n) is 9.69. The Hall–Kier alpha value is 0. The van der Waals surface area contributed by atoms with Gasteiger partial charge < -0.3 is 0 Å². The zero-order chi connectivity index (χ0) is 9.69. The molecule has 2 aliphatic rings. The summed E-state index contributed by atoms with van der Waals surface area (Å²) in [7, 11) is 0. The fourth-order valence-corrected chi connectivity index (χ4v) is 4.67. The van der Waals surface area contributed by atoms with E-state index < -0.39 is 0 Å². The predicted octanol–water partition coefficient (Wildman–Crippen LogP) is 4.25. The highest BCUT2D eigenvalue weighted by molar-refractivity contribution is 4.95. The van der Waals surface area contributed by atoms with Crippen molar-refractivity contribution in [3.05, 3.63) is 0 Å². The topological polar surface area (TPSA) is 0 Å². The van der Waals surface area contributed by atoms with Crippen LogP contribution < -0.4 is 0 Å². The van der Waals surface area contributed by atoms with E-state index in [2.05, 4.69) is 27.7 Å². The molecule has 0 aliphatic heterocycles. The summed E-state index contributed by atoms with van der Waals surface area (Å²) < 4.78 is 0. The van der Waals surface area contributed by atoms with Crippen LogP contribution in [0.3, 0.4) is 0 Å². The summed E-state index contributed by atoms with van der Waals surface area (Å²) in [5.74, 6) is 2.03. The number of fused-ring (bicyclic) bond motifs is 2. The molecule has 0 saturated heterocycles. The highest BCUT2D eigenvalue weighted by Crippen LogP contribution is 2.56. The molecule has 0 radical (unpaired) electrons. The fourth-order valence-electron chi connectivity index (χ4n) is 4.67. The Morgan fingerprint density at radius 3 is 2.31 bits per heavy atom. The molecule has 2 saturated carbocycles.